The molecule has 1 heterocycles. The van der Waals surface area contributed by atoms with Gasteiger partial charge in [0.05, 0.1) is 11.0 Å². The Labute approximate surface area is 253 Å². The summed E-state index contributed by atoms with van der Waals surface area (Å²) in [5.74, 6) is -0.669. The Morgan fingerprint density at radius 1 is 0.500 bits per heavy atom. The van der Waals surface area contributed by atoms with E-state index in [9.17, 15) is 8.78 Å². The average Bonchev–Trinajstić information content (AvgIpc) is 3.49. The smallest absolute Gasteiger partial charge is 0.123 e. The van der Waals surface area contributed by atoms with Crippen LogP contribution in [0.5, 0.6) is 0 Å². The van der Waals surface area contributed by atoms with Crippen LogP contribution < -0.4 is 0 Å². The molecule has 1 aliphatic carbocycles. The van der Waals surface area contributed by atoms with E-state index in [1.165, 1.54) is 68.1 Å². The summed E-state index contributed by atoms with van der Waals surface area (Å²) < 4.78 is 30.5. The van der Waals surface area contributed by atoms with E-state index in [4.69, 9.17) is 0 Å². The van der Waals surface area contributed by atoms with E-state index in [0.29, 0.717) is 10.8 Å². The summed E-state index contributed by atoms with van der Waals surface area (Å²) in [5, 5.41) is 6.61. The molecule has 3 heteroatoms. The van der Waals surface area contributed by atoms with E-state index in [0.717, 1.165) is 27.8 Å². The normalized spacial score (nSPS) is 13.6. The maximum atomic E-state index is 14.2. The van der Waals surface area contributed by atoms with Crippen LogP contribution in [0.3, 0.4) is 0 Å². The Kier molecular flexibility index (Phi) is 5.09. The van der Waals surface area contributed by atoms with Crippen molar-refractivity contribution in [2.75, 3.05) is 0 Å². The van der Waals surface area contributed by atoms with Gasteiger partial charge in [-0.05, 0) is 110 Å². The number of halogens is 2. The van der Waals surface area contributed by atoms with Crippen molar-refractivity contribution in [3.05, 3.63) is 150 Å². The summed E-state index contributed by atoms with van der Waals surface area (Å²) in [6.07, 6.45) is 0. The van der Waals surface area contributed by atoms with E-state index in [-0.39, 0.29) is 17.0 Å². The Bertz CT molecular complexity index is 2420. The van der Waals surface area contributed by atoms with Crippen LogP contribution in [0, 0.1) is 11.6 Å². The average molecular weight is 572 g/mol. The number of aromatic nitrogens is 1. The van der Waals surface area contributed by atoms with Gasteiger partial charge in [0.25, 0.3) is 0 Å². The van der Waals surface area contributed by atoms with Gasteiger partial charge < -0.3 is 4.57 Å². The molecule has 1 nitrogen and oxygen atoms in total. The highest BCUT2D eigenvalue weighted by Gasteiger charge is 2.38. The SMILES string of the molecule is CC1(C)c2cc(-c3ccc(-n4c5ccc(F)cc5c5cc(F)ccc54)cc3)ccc2-c2c1c1ccccc1c1ccccc21. The highest BCUT2D eigenvalue weighted by Crippen LogP contribution is 2.55. The molecule has 7 aromatic carbocycles. The fourth-order valence-corrected chi connectivity index (χ4v) is 7.71. The number of benzene rings is 7. The van der Waals surface area contributed by atoms with Gasteiger partial charge in [-0.3, -0.25) is 0 Å². The van der Waals surface area contributed by atoms with E-state index >= 15 is 0 Å². The lowest BCUT2D eigenvalue weighted by molar-refractivity contribution is 0.628. The van der Waals surface area contributed by atoms with Crippen molar-refractivity contribution < 1.29 is 8.78 Å². The second kappa shape index (κ2) is 8.87. The lowest BCUT2D eigenvalue weighted by atomic mass is 9.79. The Hall–Kier alpha value is -5.28. The summed E-state index contributed by atoms with van der Waals surface area (Å²) in [4.78, 5) is 0. The maximum Gasteiger partial charge on any atom is 0.123 e. The largest absolute Gasteiger partial charge is 0.309 e. The fraction of sp³-hybridized carbons (Fsp3) is 0.0732. The molecule has 210 valence electrons. The second-order valence-corrected chi connectivity index (χ2v) is 12.4. The molecular weight excluding hydrogens is 544 g/mol. The molecule has 9 rings (SSSR count). The number of hydrogen-bond donors (Lipinski definition) is 0. The first kappa shape index (κ1) is 25.2. The quantitative estimate of drug-likeness (QED) is 0.182. The van der Waals surface area contributed by atoms with E-state index in [1.807, 2.05) is 0 Å². The molecule has 0 saturated heterocycles. The highest BCUT2D eigenvalue weighted by molar-refractivity contribution is 6.18. The zero-order valence-electron chi connectivity index (χ0n) is 24.3. The van der Waals surface area contributed by atoms with Crippen LogP contribution in [0.15, 0.2) is 127 Å². The van der Waals surface area contributed by atoms with Gasteiger partial charge in [-0.2, -0.15) is 0 Å². The van der Waals surface area contributed by atoms with Crippen LogP contribution >= 0.6 is 0 Å². The molecule has 0 unspecified atom stereocenters. The minimum Gasteiger partial charge on any atom is -0.309 e. The minimum absolute atomic E-state index is 0.169. The van der Waals surface area contributed by atoms with Crippen molar-refractivity contribution in [3.8, 4) is 27.9 Å². The van der Waals surface area contributed by atoms with Gasteiger partial charge >= 0.3 is 0 Å². The molecular formula is C41H27F2N. The van der Waals surface area contributed by atoms with E-state index in [2.05, 4.69) is 109 Å². The van der Waals surface area contributed by atoms with Crippen molar-refractivity contribution in [1.82, 2.24) is 4.57 Å². The van der Waals surface area contributed by atoms with Gasteiger partial charge in [-0.15, -0.1) is 0 Å². The number of hydrogen-bond acceptors (Lipinski definition) is 0. The first-order valence-corrected chi connectivity index (χ1v) is 15.0. The lowest BCUT2D eigenvalue weighted by Crippen LogP contribution is -2.15. The van der Waals surface area contributed by atoms with Crippen LogP contribution in [0.2, 0.25) is 0 Å². The minimum atomic E-state index is -0.334. The molecule has 0 saturated carbocycles. The first-order chi connectivity index (χ1) is 21.4. The summed E-state index contributed by atoms with van der Waals surface area (Å²) in [6, 6.07) is 42.3. The maximum absolute atomic E-state index is 14.2. The van der Waals surface area contributed by atoms with Crippen molar-refractivity contribution in [1.29, 1.82) is 0 Å². The summed E-state index contributed by atoms with van der Waals surface area (Å²) in [6.45, 7) is 4.69. The number of fused-ring (bicyclic) bond motifs is 11. The van der Waals surface area contributed by atoms with Gasteiger partial charge in [0.1, 0.15) is 11.6 Å². The van der Waals surface area contributed by atoms with Gasteiger partial charge in [-0.25, -0.2) is 8.78 Å². The second-order valence-electron chi connectivity index (χ2n) is 12.4. The van der Waals surface area contributed by atoms with Crippen LogP contribution in [0.1, 0.15) is 25.0 Å². The third-order valence-corrected chi connectivity index (χ3v) is 9.67. The summed E-state index contributed by atoms with van der Waals surface area (Å²) in [5.41, 5.74) is 10.1. The Morgan fingerprint density at radius 3 is 1.68 bits per heavy atom. The predicted octanol–water partition coefficient (Wildman–Crippen LogP) is 11.3. The molecule has 0 spiro atoms. The number of rotatable bonds is 2. The standard InChI is InChI=1S/C41H27F2N/c1-41(2)36-21-25(13-18-33(36)39-31-9-5-3-7-29(31)30-8-4-6-10-32(30)40(39)41)24-11-16-28(17-12-24)44-37-19-14-26(42)22-34(37)35-23-27(43)15-20-38(35)44/h3-23H,1-2H3. The number of nitrogens with zero attached hydrogens (tertiary/aromatic N) is 1. The third kappa shape index (κ3) is 3.38. The van der Waals surface area contributed by atoms with E-state index in [1.54, 1.807) is 12.1 Å². The zero-order valence-corrected chi connectivity index (χ0v) is 24.3. The first-order valence-electron chi connectivity index (χ1n) is 15.0. The molecule has 1 aromatic heterocycles. The lowest BCUT2D eigenvalue weighted by Gasteiger charge is -2.24. The van der Waals surface area contributed by atoms with Crippen molar-refractivity contribution in [2.24, 2.45) is 0 Å². The van der Waals surface area contributed by atoms with Crippen LogP contribution in [0.4, 0.5) is 8.78 Å². The van der Waals surface area contributed by atoms with Crippen molar-refractivity contribution in [2.45, 2.75) is 19.3 Å². The van der Waals surface area contributed by atoms with Crippen molar-refractivity contribution >= 4 is 43.4 Å². The highest BCUT2D eigenvalue weighted by atomic mass is 19.1. The van der Waals surface area contributed by atoms with Crippen LogP contribution in [-0.2, 0) is 5.41 Å². The molecule has 0 atom stereocenters. The molecule has 0 radical (unpaired) electrons. The summed E-state index contributed by atoms with van der Waals surface area (Å²) in [7, 11) is 0. The fourth-order valence-electron chi connectivity index (χ4n) is 7.71. The van der Waals surface area contributed by atoms with Gasteiger partial charge in [0.15, 0.2) is 0 Å². The van der Waals surface area contributed by atoms with Gasteiger partial charge in [-0.1, -0.05) is 86.6 Å². The van der Waals surface area contributed by atoms with Gasteiger partial charge in [0.2, 0.25) is 0 Å². The van der Waals surface area contributed by atoms with Crippen LogP contribution in [-0.4, -0.2) is 4.57 Å². The predicted molar refractivity (Wildman–Crippen MR) is 179 cm³/mol. The molecule has 44 heavy (non-hydrogen) atoms. The zero-order chi connectivity index (χ0) is 29.7. The molecule has 8 aromatic rings. The van der Waals surface area contributed by atoms with Crippen LogP contribution in [0.25, 0.3) is 71.3 Å². The monoisotopic (exact) mass is 571 g/mol. The van der Waals surface area contributed by atoms with E-state index < -0.39 is 0 Å². The molecule has 0 amide bonds. The molecule has 0 bridgehead atoms. The molecule has 0 aliphatic heterocycles. The van der Waals surface area contributed by atoms with Crippen molar-refractivity contribution in [3.63, 3.8) is 0 Å². The van der Waals surface area contributed by atoms with Gasteiger partial charge in [0, 0.05) is 21.9 Å². The Balaban J connectivity index is 1.19. The summed E-state index contributed by atoms with van der Waals surface area (Å²) >= 11 is 0. The molecule has 1 aliphatic rings. The molecule has 0 N–H and O–H groups in total. The molecule has 0 fully saturated rings. The Morgan fingerprint density at radius 2 is 1.05 bits per heavy atom. The third-order valence-electron chi connectivity index (χ3n) is 9.67. The topological polar surface area (TPSA) is 4.93 Å².